The third-order valence-electron chi connectivity index (χ3n) is 5.90. The lowest BCUT2D eigenvalue weighted by Crippen LogP contribution is -2.39. The summed E-state index contributed by atoms with van der Waals surface area (Å²) in [5, 5.41) is 2.61. The number of hydrogen-bond donors (Lipinski definition) is 2. The van der Waals surface area contributed by atoms with Gasteiger partial charge in [-0.05, 0) is 55.5 Å². The van der Waals surface area contributed by atoms with E-state index >= 15 is 0 Å². The Morgan fingerprint density at radius 3 is 2.25 bits per heavy atom. The molecule has 40 heavy (non-hydrogen) atoms. The van der Waals surface area contributed by atoms with Gasteiger partial charge in [-0.2, -0.15) is 0 Å². The molecule has 0 fully saturated rings. The molecule has 1 amide bonds. The van der Waals surface area contributed by atoms with Gasteiger partial charge in [-0.25, -0.2) is 16.8 Å². The maximum absolute atomic E-state index is 13.0. The van der Waals surface area contributed by atoms with Crippen LogP contribution in [0.3, 0.4) is 0 Å². The predicted octanol–water partition coefficient (Wildman–Crippen LogP) is 3.07. The number of carbonyl (C=O) groups excluding carboxylic acids is 1. The van der Waals surface area contributed by atoms with Crippen molar-refractivity contribution in [1.29, 1.82) is 0 Å². The van der Waals surface area contributed by atoms with E-state index in [0.29, 0.717) is 36.2 Å². The monoisotopic (exact) mass is 591 g/mol. The van der Waals surface area contributed by atoms with Crippen molar-refractivity contribution in [3.63, 3.8) is 0 Å². The summed E-state index contributed by atoms with van der Waals surface area (Å²) in [6, 6.07) is 14.8. The molecule has 0 bridgehead atoms. The number of hydrogen-bond acceptors (Lipinski definition) is 9. The summed E-state index contributed by atoms with van der Waals surface area (Å²) in [6.07, 6.45) is 0. The molecule has 1 aliphatic heterocycles. The Labute approximate surface area is 232 Å². The van der Waals surface area contributed by atoms with Crippen LogP contribution in [-0.2, 0) is 24.8 Å². The van der Waals surface area contributed by atoms with Crippen molar-refractivity contribution < 1.29 is 40.6 Å². The summed E-state index contributed by atoms with van der Waals surface area (Å²) in [4.78, 5) is 12.8. The Morgan fingerprint density at radius 1 is 0.900 bits per heavy atom. The first kappa shape index (κ1) is 28.8. The molecule has 12 nitrogen and oxygen atoms in total. The van der Waals surface area contributed by atoms with Gasteiger partial charge in [0.05, 0.1) is 36.2 Å². The lowest BCUT2D eigenvalue weighted by molar-refractivity contribution is -0.114. The van der Waals surface area contributed by atoms with Crippen molar-refractivity contribution in [2.75, 3.05) is 54.1 Å². The van der Waals surface area contributed by atoms with Gasteiger partial charge in [0.25, 0.3) is 10.0 Å². The van der Waals surface area contributed by atoms with Crippen molar-refractivity contribution in [2.45, 2.75) is 11.8 Å². The first-order valence-electron chi connectivity index (χ1n) is 12.1. The van der Waals surface area contributed by atoms with Gasteiger partial charge in [-0.3, -0.25) is 13.8 Å². The lowest BCUT2D eigenvalue weighted by atomic mass is 10.2. The zero-order chi connectivity index (χ0) is 28.9. The lowest BCUT2D eigenvalue weighted by Gasteiger charge is -2.25. The number of rotatable bonds is 11. The molecule has 0 saturated carbocycles. The number of anilines is 3. The Morgan fingerprint density at radius 2 is 1.60 bits per heavy atom. The minimum atomic E-state index is -4.01. The highest BCUT2D eigenvalue weighted by atomic mass is 32.2. The zero-order valence-corrected chi connectivity index (χ0v) is 23.7. The number of amides is 1. The molecule has 3 aromatic rings. The third-order valence-corrected chi connectivity index (χ3v) is 9.02. The van der Waals surface area contributed by atoms with Crippen LogP contribution >= 0.6 is 0 Å². The molecule has 0 radical (unpaired) electrons. The Kier molecular flexibility index (Phi) is 8.59. The van der Waals surface area contributed by atoms with Crippen LogP contribution in [0.5, 0.6) is 23.0 Å². The topological polar surface area (TPSA) is 150 Å². The zero-order valence-electron chi connectivity index (χ0n) is 22.0. The van der Waals surface area contributed by atoms with Crippen LogP contribution in [0.25, 0.3) is 0 Å². The van der Waals surface area contributed by atoms with E-state index in [9.17, 15) is 21.6 Å². The van der Waals surface area contributed by atoms with E-state index < -0.39 is 32.5 Å². The van der Waals surface area contributed by atoms with Gasteiger partial charge in [0, 0.05) is 17.8 Å². The van der Waals surface area contributed by atoms with Crippen LogP contribution in [0.1, 0.15) is 6.92 Å². The number of methoxy groups -OCH3 is 2. The Balaban J connectivity index is 1.48. The fourth-order valence-corrected chi connectivity index (χ4v) is 5.96. The van der Waals surface area contributed by atoms with E-state index in [1.807, 2.05) is 0 Å². The number of ether oxygens (including phenoxy) is 4. The van der Waals surface area contributed by atoms with Crippen LogP contribution in [0, 0.1) is 0 Å². The van der Waals surface area contributed by atoms with E-state index in [2.05, 4.69) is 10.0 Å². The number of sulfonamides is 2. The van der Waals surface area contributed by atoms with E-state index in [4.69, 9.17) is 18.9 Å². The van der Waals surface area contributed by atoms with Gasteiger partial charge in [0.2, 0.25) is 15.9 Å². The second-order valence-electron chi connectivity index (χ2n) is 8.48. The van der Waals surface area contributed by atoms with Crippen LogP contribution < -0.4 is 33.3 Å². The van der Waals surface area contributed by atoms with Crippen LogP contribution in [0.4, 0.5) is 17.1 Å². The quantitative estimate of drug-likeness (QED) is 0.343. The summed E-state index contributed by atoms with van der Waals surface area (Å²) in [6.45, 7) is 1.68. The summed E-state index contributed by atoms with van der Waals surface area (Å²) >= 11 is 0. The average molecular weight is 592 g/mol. The molecule has 1 aliphatic rings. The average Bonchev–Trinajstić information content (AvgIpc) is 2.95. The minimum absolute atomic E-state index is 0.0677. The number of nitrogens with zero attached hydrogens (tertiary/aromatic N) is 1. The minimum Gasteiger partial charge on any atom is -0.497 e. The standard InChI is InChI=1S/C26H29N3O9S2/c1-4-39(31,32)29(19-7-11-24-25(15-19)38-14-13-37-24)17-26(30)27-18-5-9-21(10-6-18)40(33,34)28-22-16-20(35-2)8-12-23(22)36-3/h5-12,15-16,28H,4,13-14,17H2,1-3H3,(H,27,30). The molecule has 0 atom stereocenters. The van der Waals surface area contributed by atoms with Crippen molar-refractivity contribution in [1.82, 2.24) is 0 Å². The van der Waals surface area contributed by atoms with Gasteiger partial charge >= 0.3 is 0 Å². The van der Waals surface area contributed by atoms with E-state index in [-0.39, 0.29) is 27.7 Å². The van der Waals surface area contributed by atoms with Crippen molar-refractivity contribution in [3.05, 3.63) is 60.7 Å². The molecule has 4 rings (SSSR count). The highest BCUT2D eigenvalue weighted by Gasteiger charge is 2.26. The molecule has 0 spiro atoms. The summed E-state index contributed by atoms with van der Waals surface area (Å²) in [7, 11) is -4.96. The predicted molar refractivity (Wildman–Crippen MR) is 150 cm³/mol. The molecule has 0 aromatic heterocycles. The fourth-order valence-electron chi connectivity index (χ4n) is 3.84. The smallest absolute Gasteiger partial charge is 0.262 e. The summed E-state index contributed by atoms with van der Waals surface area (Å²) < 4.78 is 76.5. The molecule has 2 N–H and O–H groups in total. The Hall–Kier alpha value is -4.17. The molecule has 14 heteroatoms. The van der Waals surface area contributed by atoms with Gasteiger partial charge < -0.3 is 24.3 Å². The number of fused-ring (bicyclic) bond motifs is 1. The maximum atomic E-state index is 13.0. The molecular formula is C26H29N3O9S2. The van der Waals surface area contributed by atoms with Crippen molar-refractivity contribution in [2.24, 2.45) is 0 Å². The molecule has 0 unspecified atom stereocenters. The molecular weight excluding hydrogens is 562 g/mol. The van der Waals surface area contributed by atoms with Gasteiger partial charge in [-0.1, -0.05) is 0 Å². The molecule has 0 aliphatic carbocycles. The normalized spacial score (nSPS) is 12.8. The highest BCUT2D eigenvalue weighted by molar-refractivity contribution is 7.93. The number of benzene rings is 3. The van der Waals surface area contributed by atoms with Crippen LogP contribution in [0.15, 0.2) is 65.6 Å². The molecule has 214 valence electrons. The van der Waals surface area contributed by atoms with Crippen LogP contribution in [-0.4, -0.2) is 62.5 Å². The maximum Gasteiger partial charge on any atom is 0.262 e. The van der Waals surface area contributed by atoms with Crippen LogP contribution in [0.2, 0.25) is 0 Å². The second kappa shape index (κ2) is 11.9. The fraction of sp³-hybridized carbons (Fsp3) is 0.269. The second-order valence-corrected chi connectivity index (χ2v) is 12.3. The van der Waals surface area contributed by atoms with E-state index in [0.717, 1.165) is 4.31 Å². The van der Waals surface area contributed by atoms with Crippen molar-refractivity contribution >= 4 is 43.0 Å². The molecule has 1 heterocycles. The highest BCUT2D eigenvalue weighted by Crippen LogP contribution is 2.35. The number of carbonyl (C=O) groups is 1. The van der Waals surface area contributed by atoms with Gasteiger partial charge in [-0.15, -0.1) is 0 Å². The number of nitrogens with one attached hydrogen (secondary N) is 2. The van der Waals surface area contributed by atoms with E-state index in [1.54, 1.807) is 18.2 Å². The first-order valence-corrected chi connectivity index (χ1v) is 15.2. The SMILES string of the molecule is CCS(=O)(=O)N(CC(=O)Nc1ccc(S(=O)(=O)Nc2cc(OC)ccc2OC)cc1)c1ccc2c(c1)OCCO2. The third kappa shape index (κ3) is 6.51. The summed E-state index contributed by atoms with van der Waals surface area (Å²) in [5.41, 5.74) is 0.719. The Bertz CT molecular complexity index is 1590. The largest absolute Gasteiger partial charge is 0.497 e. The van der Waals surface area contributed by atoms with Gasteiger partial charge in [0.1, 0.15) is 31.3 Å². The first-order chi connectivity index (χ1) is 19.1. The molecule has 0 saturated heterocycles. The summed E-state index contributed by atoms with van der Waals surface area (Å²) in [5.74, 6) is 0.762. The van der Waals surface area contributed by atoms with E-state index in [1.165, 1.54) is 63.6 Å². The van der Waals surface area contributed by atoms with Crippen molar-refractivity contribution in [3.8, 4) is 23.0 Å². The molecule has 3 aromatic carbocycles. The van der Waals surface area contributed by atoms with Gasteiger partial charge in [0.15, 0.2) is 11.5 Å².